The third-order valence-electron chi connectivity index (χ3n) is 11.9. The number of ether oxygens (including phenoxy) is 1. The van der Waals surface area contributed by atoms with Crippen molar-refractivity contribution in [2.45, 2.75) is 130 Å². The van der Waals surface area contributed by atoms with Gasteiger partial charge in [-0.2, -0.15) is 0 Å². The Morgan fingerprint density at radius 1 is 0.941 bits per heavy atom. The molecular formula is C30H48O4. The van der Waals surface area contributed by atoms with E-state index in [4.69, 9.17) is 4.74 Å². The summed E-state index contributed by atoms with van der Waals surface area (Å²) in [7, 11) is 0. The second-order valence-corrected chi connectivity index (χ2v) is 14.6. The average molecular weight is 473 g/mol. The Balaban J connectivity index is 1.54. The monoisotopic (exact) mass is 472 g/mol. The van der Waals surface area contributed by atoms with Crippen LogP contribution in [0.1, 0.15) is 100 Å². The van der Waals surface area contributed by atoms with Gasteiger partial charge in [0.15, 0.2) is 0 Å². The van der Waals surface area contributed by atoms with Crippen molar-refractivity contribution in [3.63, 3.8) is 0 Å². The van der Waals surface area contributed by atoms with Crippen molar-refractivity contribution in [3.05, 3.63) is 23.3 Å². The van der Waals surface area contributed by atoms with E-state index in [9.17, 15) is 15.3 Å². The lowest BCUT2D eigenvalue weighted by Crippen LogP contribution is -2.56. The molecule has 3 fully saturated rings. The third kappa shape index (κ3) is 3.04. The summed E-state index contributed by atoms with van der Waals surface area (Å²) in [4.78, 5) is 0. The standard InChI is InChI=1S/C30H48O4/c1-25(2)21-10-9-19-18(27(21,5)14-12-22(25)32)11-15-28(6)24(20(31)17-29(19,28)7)30(8)16-13-23(34-30)26(3,4)33/h10-11,19-20,22-24,31-33H,9,12-17H2,1-8H3/t19-,20+,22+,23-,24+,27-,28-,29+,30+/m1/s1. The normalized spacial score (nSPS) is 52.4. The fourth-order valence-electron chi connectivity index (χ4n) is 9.77. The van der Waals surface area contributed by atoms with Crippen LogP contribution in [0.2, 0.25) is 0 Å². The summed E-state index contributed by atoms with van der Waals surface area (Å²) in [6, 6.07) is 0. The molecule has 1 aliphatic heterocycles. The summed E-state index contributed by atoms with van der Waals surface area (Å²) < 4.78 is 6.64. The number of hydrogen-bond acceptors (Lipinski definition) is 4. The van der Waals surface area contributed by atoms with Gasteiger partial charge in [-0.1, -0.05) is 57.9 Å². The third-order valence-corrected chi connectivity index (χ3v) is 11.9. The lowest BCUT2D eigenvalue weighted by Gasteiger charge is -2.61. The first-order valence-corrected chi connectivity index (χ1v) is 13.7. The van der Waals surface area contributed by atoms with Crippen molar-refractivity contribution in [2.75, 3.05) is 0 Å². The molecule has 192 valence electrons. The summed E-state index contributed by atoms with van der Waals surface area (Å²) in [5, 5.41) is 33.1. The van der Waals surface area contributed by atoms with Gasteiger partial charge in [-0.05, 0) is 82.5 Å². The quantitative estimate of drug-likeness (QED) is 0.461. The lowest BCUT2D eigenvalue weighted by atomic mass is 9.43. The molecule has 0 aromatic rings. The summed E-state index contributed by atoms with van der Waals surface area (Å²) >= 11 is 0. The highest BCUT2D eigenvalue weighted by molar-refractivity contribution is 5.44. The average Bonchev–Trinajstić information content (AvgIpc) is 3.20. The Hall–Kier alpha value is -0.680. The maximum atomic E-state index is 11.7. The summed E-state index contributed by atoms with van der Waals surface area (Å²) in [5.41, 5.74) is 1.38. The van der Waals surface area contributed by atoms with Crippen LogP contribution in [0.15, 0.2) is 23.3 Å². The Labute approximate surface area is 206 Å². The molecule has 4 aliphatic carbocycles. The Kier molecular flexibility index (Phi) is 5.30. The van der Waals surface area contributed by atoms with Crippen LogP contribution >= 0.6 is 0 Å². The first kappa shape index (κ1) is 25.0. The smallest absolute Gasteiger partial charge is 0.0865 e. The Morgan fingerprint density at radius 3 is 2.24 bits per heavy atom. The van der Waals surface area contributed by atoms with Crippen LogP contribution in [-0.4, -0.2) is 44.8 Å². The highest BCUT2D eigenvalue weighted by atomic mass is 16.5. The second-order valence-electron chi connectivity index (χ2n) is 14.6. The van der Waals surface area contributed by atoms with Crippen LogP contribution in [0.25, 0.3) is 0 Å². The predicted octanol–water partition coefficient (Wildman–Crippen LogP) is 5.55. The molecule has 0 aromatic heterocycles. The zero-order valence-corrected chi connectivity index (χ0v) is 22.7. The van der Waals surface area contributed by atoms with E-state index in [1.54, 1.807) is 5.57 Å². The van der Waals surface area contributed by atoms with Crippen LogP contribution in [0.5, 0.6) is 0 Å². The van der Waals surface area contributed by atoms with E-state index in [0.29, 0.717) is 5.92 Å². The minimum atomic E-state index is -0.872. The minimum Gasteiger partial charge on any atom is -0.393 e. The van der Waals surface area contributed by atoms with E-state index in [1.165, 1.54) is 5.57 Å². The van der Waals surface area contributed by atoms with Crippen molar-refractivity contribution in [1.82, 2.24) is 0 Å². The van der Waals surface area contributed by atoms with E-state index >= 15 is 0 Å². The summed E-state index contributed by atoms with van der Waals surface area (Å²) in [5.74, 6) is 0.443. The summed E-state index contributed by atoms with van der Waals surface area (Å²) in [6.07, 6.45) is 10.4. The van der Waals surface area contributed by atoms with Crippen LogP contribution < -0.4 is 0 Å². The van der Waals surface area contributed by atoms with E-state index < -0.39 is 17.3 Å². The molecule has 9 atom stereocenters. The van der Waals surface area contributed by atoms with Gasteiger partial charge >= 0.3 is 0 Å². The van der Waals surface area contributed by atoms with Crippen molar-refractivity contribution >= 4 is 0 Å². The van der Waals surface area contributed by atoms with Gasteiger partial charge in [-0.25, -0.2) is 0 Å². The van der Waals surface area contributed by atoms with Gasteiger partial charge < -0.3 is 20.1 Å². The zero-order valence-electron chi connectivity index (χ0n) is 22.7. The molecule has 0 bridgehead atoms. The fraction of sp³-hybridized carbons (Fsp3) is 0.867. The molecule has 3 N–H and O–H groups in total. The van der Waals surface area contributed by atoms with E-state index in [2.05, 4.69) is 53.7 Å². The van der Waals surface area contributed by atoms with Gasteiger partial charge in [0, 0.05) is 16.7 Å². The molecule has 1 saturated heterocycles. The van der Waals surface area contributed by atoms with Crippen LogP contribution in [0, 0.1) is 33.5 Å². The molecule has 0 amide bonds. The molecule has 5 aliphatic rings. The Bertz CT molecular complexity index is 927. The van der Waals surface area contributed by atoms with Crippen molar-refractivity contribution < 1.29 is 20.1 Å². The van der Waals surface area contributed by atoms with E-state index in [0.717, 1.165) is 44.9 Å². The topological polar surface area (TPSA) is 69.9 Å². The zero-order chi connectivity index (χ0) is 25.1. The largest absolute Gasteiger partial charge is 0.393 e. The lowest BCUT2D eigenvalue weighted by molar-refractivity contribution is -0.171. The highest BCUT2D eigenvalue weighted by Gasteiger charge is 2.69. The maximum absolute atomic E-state index is 11.7. The molecule has 5 rings (SSSR count). The van der Waals surface area contributed by atoms with E-state index in [1.807, 2.05) is 13.8 Å². The molecule has 4 heteroatoms. The van der Waals surface area contributed by atoms with Gasteiger partial charge in [0.25, 0.3) is 0 Å². The first-order chi connectivity index (χ1) is 15.5. The number of rotatable bonds is 2. The first-order valence-electron chi connectivity index (χ1n) is 13.7. The van der Waals surface area contributed by atoms with Gasteiger partial charge in [0.2, 0.25) is 0 Å². The van der Waals surface area contributed by atoms with Gasteiger partial charge in [-0.3, -0.25) is 0 Å². The van der Waals surface area contributed by atoms with Crippen molar-refractivity contribution in [2.24, 2.45) is 33.5 Å². The van der Waals surface area contributed by atoms with Crippen molar-refractivity contribution in [1.29, 1.82) is 0 Å². The number of allylic oxidation sites excluding steroid dienone is 3. The number of fused-ring (bicyclic) bond motifs is 5. The SMILES string of the molecule is CC(C)(O)[C@H]1CC[C@@](C)([C@H]2[C@@H](O)C[C@@]3(C)[C@@H]4CC=C5C(C)(C)[C@@H](O)CC[C@]5(C)C4=CC[C@]23C)O1. The second kappa shape index (κ2) is 7.21. The molecule has 0 radical (unpaired) electrons. The van der Waals surface area contributed by atoms with Gasteiger partial charge in [0.05, 0.1) is 29.5 Å². The molecule has 2 saturated carbocycles. The van der Waals surface area contributed by atoms with Crippen LogP contribution in [-0.2, 0) is 4.74 Å². The molecule has 0 spiro atoms. The van der Waals surface area contributed by atoms with Gasteiger partial charge in [0.1, 0.15) is 0 Å². The van der Waals surface area contributed by atoms with Gasteiger partial charge in [-0.15, -0.1) is 0 Å². The molecule has 34 heavy (non-hydrogen) atoms. The number of aliphatic hydroxyl groups excluding tert-OH is 2. The predicted molar refractivity (Wildman–Crippen MR) is 135 cm³/mol. The van der Waals surface area contributed by atoms with E-state index in [-0.39, 0.29) is 39.8 Å². The van der Waals surface area contributed by atoms with Crippen molar-refractivity contribution in [3.8, 4) is 0 Å². The Morgan fingerprint density at radius 2 is 1.62 bits per heavy atom. The highest BCUT2D eigenvalue weighted by Crippen LogP contribution is 2.73. The summed E-state index contributed by atoms with van der Waals surface area (Å²) in [6.45, 7) is 17.5. The minimum absolute atomic E-state index is 0.00120. The number of aliphatic hydroxyl groups is 3. The molecule has 0 unspecified atom stereocenters. The molecule has 0 aromatic carbocycles. The number of hydrogen-bond donors (Lipinski definition) is 3. The van der Waals surface area contributed by atoms with Crippen LogP contribution in [0.3, 0.4) is 0 Å². The molecule has 4 nitrogen and oxygen atoms in total. The molecule has 1 heterocycles. The fourth-order valence-corrected chi connectivity index (χ4v) is 9.77. The molecular weight excluding hydrogens is 424 g/mol. The van der Waals surface area contributed by atoms with Crippen LogP contribution in [0.4, 0.5) is 0 Å². The maximum Gasteiger partial charge on any atom is 0.0865 e.